The molecule has 0 aliphatic carbocycles. The van der Waals surface area contributed by atoms with E-state index in [0.717, 1.165) is 17.0 Å². The fourth-order valence-electron chi connectivity index (χ4n) is 1.99. The predicted molar refractivity (Wildman–Crippen MR) is 71.5 cm³/mol. The summed E-state index contributed by atoms with van der Waals surface area (Å²) in [4.78, 5) is 0. The van der Waals surface area contributed by atoms with E-state index in [-0.39, 0.29) is 12.6 Å². The zero-order chi connectivity index (χ0) is 13.3. The van der Waals surface area contributed by atoms with E-state index in [2.05, 4.69) is 10.2 Å². The maximum Gasteiger partial charge on any atom is 0.164 e. The third-order valence-corrected chi connectivity index (χ3v) is 3.10. The van der Waals surface area contributed by atoms with Crippen molar-refractivity contribution in [3.63, 3.8) is 0 Å². The Labute approximate surface area is 111 Å². The van der Waals surface area contributed by atoms with E-state index in [1.54, 1.807) is 0 Å². The molecular formula is C13H16ClN3O. The number of hydrogen-bond acceptors (Lipinski definition) is 3. The molecule has 0 aliphatic heterocycles. The van der Waals surface area contributed by atoms with Gasteiger partial charge in [0.05, 0.1) is 0 Å². The molecule has 1 N–H and O–H groups in total. The van der Waals surface area contributed by atoms with Crippen LogP contribution in [0.15, 0.2) is 18.2 Å². The number of aromatic nitrogens is 3. The molecule has 0 spiro atoms. The van der Waals surface area contributed by atoms with Crippen molar-refractivity contribution in [3.8, 4) is 11.4 Å². The monoisotopic (exact) mass is 265 g/mol. The van der Waals surface area contributed by atoms with Gasteiger partial charge in [0, 0.05) is 16.6 Å². The van der Waals surface area contributed by atoms with Gasteiger partial charge < -0.3 is 9.67 Å². The third-order valence-electron chi connectivity index (χ3n) is 2.86. The lowest BCUT2D eigenvalue weighted by atomic mass is 10.1. The molecule has 0 saturated carbocycles. The Bertz CT molecular complexity index is 563. The lowest BCUT2D eigenvalue weighted by Gasteiger charge is -2.14. The summed E-state index contributed by atoms with van der Waals surface area (Å²) in [5, 5.41) is 18.2. The van der Waals surface area contributed by atoms with Gasteiger partial charge in [-0.3, -0.25) is 0 Å². The minimum Gasteiger partial charge on any atom is -0.388 e. The highest BCUT2D eigenvalue weighted by atomic mass is 35.5. The highest BCUT2D eigenvalue weighted by Gasteiger charge is 2.17. The van der Waals surface area contributed by atoms with Gasteiger partial charge in [0.25, 0.3) is 0 Å². The molecule has 0 radical (unpaired) electrons. The fourth-order valence-corrected chi connectivity index (χ4v) is 2.16. The summed E-state index contributed by atoms with van der Waals surface area (Å²) in [5.41, 5.74) is 2.03. The number of halogens is 1. The van der Waals surface area contributed by atoms with E-state index in [1.165, 1.54) is 0 Å². The molecule has 1 heterocycles. The smallest absolute Gasteiger partial charge is 0.164 e. The number of aliphatic hydroxyl groups is 1. The zero-order valence-electron chi connectivity index (χ0n) is 10.7. The molecule has 18 heavy (non-hydrogen) atoms. The zero-order valence-corrected chi connectivity index (χ0v) is 11.4. The minimum atomic E-state index is -0.120. The van der Waals surface area contributed by atoms with Gasteiger partial charge in [-0.1, -0.05) is 17.7 Å². The predicted octanol–water partition coefficient (Wildman–Crippen LogP) is 2.98. The van der Waals surface area contributed by atoms with E-state index in [4.69, 9.17) is 11.6 Å². The largest absolute Gasteiger partial charge is 0.388 e. The first-order valence-corrected chi connectivity index (χ1v) is 6.23. The molecule has 0 fully saturated rings. The molecule has 1 aromatic heterocycles. The van der Waals surface area contributed by atoms with Crippen LogP contribution in [0.5, 0.6) is 0 Å². The van der Waals surface area contributed by atoms with Crippen LogP contribution in [0, 0.1) is 6.92 Å². The van der Waals surface area contributed by atoms with E-state index >= 15 is 0 Å². The standard InChI is InChI=1S/C13H16ClN3O/c1-8(2)17-12(7-18)15-16-13(17)11-6-10(14)5-4-9(11)3/h4-6,8,18H,7H2,1-3H3. The van der Waals surface area contributed by atoms with Crippen LogP contribution in [-0.2, 0) is 6.61 Å². The van der Waals surface area contributed by atoms with E-state index in [1.807, 2.05) is 43.5 Å². The first kappa shape index (κ1) is 13.1. The topological polar surface area (TPSA) is 50.9 Å². The maximum atomic E-state index is 9.30. The highest BCUT2D eigenvalue weighted by Crippen LogP contribution is 2.27. The molecule has 0 unspecified atom stereocenters. The fraction of sp³-hybridized carbons (Fsp3) is 0.385. The van der Waals surface area contributed by atoms with Crippen molar-refractivity contribution >= 4 is 11.6 Å². The van der Waals surface area contributed by atoms with Gasteiger partial charge in [-0.25, -0.2) is 0 Å². The van der Waals surface area contributed by atoms with Gasteiger partial charge >= 0.3 is 0 Å². The Morgan fingerprint density at radius 3 is 2.67 bits per heavy atom. The van der Waals surface area contributed by atoms with Crippen molar-refractivity contribution in [3.05, 3.63) is 34.6 Å². The number of nitrogens with zero attached hydrogens (tertiary/aromatic N) is 3. The Hall–Kier alpha value is -1.39. The van der Waals surface area contributed by atoms with Gasteiger partial charge in [-0.05, 0) is 38.5 Å². The summed E-state index contributed by atoms with van der Waals surface area (Å²) in [7, 11) is 0. The Morgan fingerprint density at radius 1 is 1.33 bits per heavy atom. The molecule has 96 valence electrons. The van der Waals surface area contributed by atoms with Crippen LogP contribution >= 0.6 is 11.6 Å². The molecule has 2 aromatic rings. The average molecular weight is 266 g/mol. The van der Waals surface area contributed by atoms with Crippen LogP contribution in [0.2, 0.25) is 5.02 Å². The van der Waals surface area contributed by atoms with Gasteiger partial charge in [0.1, 0.15) is 6.61 Å². The molecule has 0 bridgehead atoms. The molecule has 0 amide bonds. The molecule has 0 saturated heterocycles. The average Bonchev–Trinajstić information content (AvgIpc) is 2.75. The summed E-state index contributed by atoms with van der Waals surface area (Å²) in [6.45, 7) is 5.95. The molecule has 4 nitrogen and oxygen atoms in total. The summed E-state index contributed by atoms with van der Waals surface area (Å²) in [6.07, 6.45) is 0. The highest BCUT2D eigenvalue weighted by molar-refractivity contribution is 6.30. The molecule has 5 heteroatoms. The minimum absolute atomic E-state index is 0.120. The summed E-state index contributed by atoms with van der Waals surface area (Å²) in [5.74, 6) is 1.31. The maximum absolute atomic E-state index is 9.30. The van der Waals surface area contributed by atoms with Gasteiger partial charge in [0.15, 0.2) is 11.6 Å². The van der Waals surface area contributed by atoms with Crippen molar-refractivity contribution in [2.45, 2.75) is 33.4 Å². The number of aliphatic hydroxyl groups excluding tert-OH is 1. The summed E-state index contributed by atoms with van der Waals surface area (Å²) < 4.78 is 1.93. The van der Waals surface area contributed by atoms with Crippen LogP contribution in [0.3, 0.4) is 0 Å². The first-order chi connectivity index (χ1) is 8.54. The van der Waals surface area contributed by atoms with Crippen LogP contribution in [0.25, 0.3) is 11.4 Å². The number of aryl methyl sites for hydroxylation is 1. The SMILES string of the molecule is Cc1ccc(Cl)cc1-c1nnc(CO)n1C(C)C. The number of hydrogen-bond donors (Lipinski definition) is 1. The molecule has 0 atom stereocenters. The first-order valence-electron chi connectivity index (χ1n) is 5.85. The quantitative estimate of drug-likeness (QED) is 0.928. The van der Waals surface area contributed by atoms with Crippen LogP contribution in [0.4, 0.5) is 0 Å². The van der Waals surface area contributed by atoms with Crippen molar-refractivity contribution in [2.75, 3.05) is 0 Å². The summed E-state index contributed by atoms with van der Waals surface area (Å²) in [6, 6.07) is 5.86. The van der Waals surface area contributed by atoms with E-state index in [9.17, 15) is 5.11 Å². The second-order valence-corrected chi connectivity index (χ2v) is 4.96. The lowest BCUT2D eigenvalue weighted by molar-refractivity contribution is 0.262. The van der Waals surface area contributed by atoms with Crippen molar-refractivity contribution in [1.29, 1.82) is 0 Å². The van der Waals surface area contributed by atoms with Crippen molar-refractivity contribution < 1.29 is 5.11 Å². The third kappa shape index (κ3) is 2.26. The number of benzene rings is 1. The molecule has 0 aliphatic rings. The second kappa shape index (κ2) is 5.08. The number of rotatable bonds is 3. The van der Waals surface area contributed by atoms with Crippen LogP contribution < -0.4 is 0 Å². The Balaban J connectivity index is 2.63. The molecule has 2 rings (SSSR count). The van der Waals surface area contributed by atoms with Crippen LogP contribution in [-0.4, -0.2) is 19.9 Å². The van der Waals surface area contributed by atoms with E-state index < -0.39 is 0 Å². The Kier molecular flexibility index (Phi) is 3.68. The van der Waals surface area contributed by atoms with Gasteiger partial charge in [0.2, 0.25) is 0 Å². The Morgan fingerprint density at radius 2 is 2.06 bits per heavy atom. The molecule has 1 aromatic carbocycles. The lowest BCUT2D eigenvalue weighted by Crippen LogP contribution is -2.08. The molecular weight excluding hydrogens is 250 g/mol. The van der Waals surface area contributed by atoms with Crippen molar-refractivity contribution in [1.82, 2.24) is 14.8 Å². The van der Waals surface area contributed by atoms with Gasteiger partial charge in [-0.15, -0.1) is 10.2 Å². The van der Waals surface area contributed by atoms with Gasteiger partial charge in [-0.2, -0.15) is 0 Å². The normalized spacial score (nSPS) is 11.2. The van der Waals surface area contributed by atoms with E-state index in [0.29, 0.717) is 10.8 Å². The summed E-state index contributed by atoms with van der Waals surface area (Å²) >= 11 is 6.03. The van der Waals surface area contributed by atoms with Crippen LogP contribution in [0.1, 0.15) is 31.3 Å². The second-order valence-electron chi connectivity index (χ2n) is 4.52. The van der Waals surface area contributed by atoms with Crippen molar-refractivity contribution in [2.24, 2.45) is 0 Å².